The maximum Gasteiger partial charge on any atom is 0.262 e. The molecule has 5 nitrogen and oxygen atoms in total. The summed E-state index contributed by atoms with van der Waals surface area (Å²) in [6, 6.07) is 6.92. The molecule has 114 valence electrons. The van der Waals surface area contributed by atoms with E-state index in [-0.39, 0.29) is 10.6 Å². The highest BCUT2D eigenvalue weighted by Gasteiger charge is 2.17. The van der Waals surface area contributed by atoms with Gasteiger partial charge in [-0.3, -0.25) is 4.72 Å². The van der Waals surface area contributed by atoms with Gasteiger partial charge in [-0.2, -0.15) is 0 Å². The number of sulfonamides is 1. The molecule has 0 bridgehead atoms. The molecule has 0 amide bonds. The Kier molecular flexibility index (Phi) is 3.32. The maximum absolute atomic E-state index is 13.1. The number of aryl methyl sites for hydroxylation is 1. The van der Waals surface area contributed by atoms with E-state index in [2.05, 4.69) is 9.71 Å². The Morgan fingerprint density at radius 2 is 1.86 bits per heavy atom. The number of nitrogens with one attached hydrogen (secondary N) is 1. The van der Waals surface area contributed by atoms with Gasteiger partial charge >= 0.3 is 0 Å². The molecule has 0 aliphatic heterocycles. The van der Waals surface area contributed by atoms with Crippen molar-refractivity contribution in [1.29, 1.82) is 0 Å². The molecule has 1 N–H and O–H groups in total. The highest BCUT2D eigenvalue weighted by molar-refractivity contribution is 7.92. The fourth-order valence-electron chi connectivity index (χ4n) is 1.96. The zero-order chi connectivity index (χ0) is 15.9. The SMILES string of the molecule is Cc1nc2ccc(S(=O)(=O)Nc3ccc(F)c(F)c3)cc2o1. The molecular formula is C14H10F2N2O3S. The van der Waals surface area contributed by atoms with Gasteiger partial charge in [0.2, 0.25) is 0 Å². The van der Waals surface area contributed by atoms with E-state index in [4.69, 9.17) is 4.42 Å². The molecule has 3 rings (SSSR count). The van der Waals surface area contributed by atoms with Gasteiger partial charge in [-0.1, -0.05) is 0 Å². The van der Waals surface area contributed by atoms with E-state index >= 15 is 0 Å². The van der Waals surface area contributed by atoms with Gasteiger partial charge in [-0.25, -0.2) is 22.2 Å². The molecule has 0 fully saturated rings. The van der Waals surface area contributed by atoms with E-state index in [1.165, 1.54) is 18.2 Å². The first-order valence-electron chi connectivity index (χ1n) is 6.20. The summed E-state index contributed by atoms with van der Waals surface area (Å²) in [5, 5.41) is 0. The quantitative estimate of drug-likeness (QED) is 0.803. The van der Waals surface area contributed by atoms with Crippen molar-refractivity contribution < 1.29 is 21.6 Å². The average molecular weight is 324 g/mol. The summed E-state index contributed by atoms with van der Waals surface area (Å²) in [5.74, 6) is -1.78. The number of hydrogen-bond donors (Lipinski definition) is 1. The number of nitrogens with zero attached hydrogens (tertiary/aromatic N) is 1. The summed E-state index contributed by atoms with van der Waals surface area (Å²) in [4.78, 5) is 4.00. The third-order valence-corrected chi connectivity index (χ3v) is 4.33. The largest absolute Gasteiger partial charge is 0.441 e. The van der Waals surface area contributed by atoms with E-state index in [9.17, 15) is 17.2 Å². The van der Waals surface area contributed by atoms with Crippen molar-refractivity contribution in [2.75, 3.05) is 4.72 Å². The van der Waals surface area contributed by atoms with Gasteiger partial charge < -0.3 is 4.42 Å². The number of aromatic nitrogens is 1. The highest BCUT2D eigenvalue weighted by Crippen LogP contribution is 2.22. The molecule has 0 unspecified atom stereocenters. The van der Waals surface area contributed by atoms with Crippen LogP contribution in [-0.2, 0) is 10.0 Å². The monoisotopic (exact) mass is 324 g/mol. The van der Waals surface area contributed by atoms with E-state index < -0.39 is 21.7 Å². The average Bonchev–Trinajstić information content (AvgIpc) is 2.81. The van der Waals surface area contributed by atoms with Crippen molar-refractivity contribution in [2.24, 2.45) is 0 Å². The number of halogens is 2. The molecule has 8 heteroatoms. The third-order valence-electron chi connectivity index (χ3n) is 2.95. The number of hydrogen-bond acceptors (Lipinski definition) is 4. The van der Waals surface area contributed by atoms with Crippen LogP contribution in [0.25, 0.3) is 11.1 Å². The minimum atomic E-state index is -3.95. The van der Waals surface area contributed by atoms with E-state index in [0.29, 0.717) is 17.0 Å². The summed E-state index contributed by atoms with van der Waals surface area (Å²) in [7, 11) is -3.95. The van der Waals surface area contributed by atoms with Gasteiger partial charge in [0.1, 0.15) is 5.52 Å². The van der Waals surface area contributed by atoms with E-state index in [1.807, 2.05) is 0 Å². The Bertz CT molecular complexity index is 967. The Morgan fingerprint density at radius 3 is 2.59 bits per heavy atom. The van der Waals surface area contributed by atoms with Crippen molar-refractivity contribution in [1.82, 2.24) is 4.98 Å². The molecule has 2 aromatic carbocycles. The number of oxazole rings is 1. The Hall–Kier alpha value is -2.48. The van der Waals surface area contributed by atoms with E-state index in [0.717, 1.165) is 18.2 Å². The van der Waals surface area contributed by atoms with Gasteiger partial charge in [0.15, 0.2) is 23.1 Å². The third kappa shape index (κ3) is 2.64. The highest BCUT2D eigenvalue weighted by atomic mass is 32.2. The van der Waals surface area contributed by atoms with Crippen molar-refractivity contribution in [2.45, 2.75) is 11.8 Å². The second-order valence-corrected chi connectivity index (χ2v) is 6.28. The Morgan fingerprint density at radius 1 is 1.09 bits per heavy atom. The summed E-state index contributed by atoms with van der Waals surface area (Å²) in [5.41, 5.74) is 0.780. The zero-order valence-electron chi connectivity index (χ0n) is 11.3. The fraction of sp³-hybridized carbons (Fsp3) is 0.0714. The van der Waals surface area contributed by atoms with Gasteiger partial charge in [0.05, 0.1) is 10.6 Å². The minimum Gasteiger partial charge on any atom is -0.441 e. The lowest BCUT2D eigenvalue weighted by atomic mass is 10.3. The normalized spacial score (nSPS) is 11.8. The van der Waals surface area contributed by atoms with Crippen molar-refractivity contribution in [3.63, 3.8) is 0 Å². The maximum atomic E-state index is 13.1. The van der Waals surface area contributed by atoms with Gasteiger partial charge in [-0.05, 0) is 24.3 Å². The van der Waals surface area contributed by atoms with Crippen LogP contribution < -0.4 is 4.72 Å². The zero-order valence-corrected chi connectivity index (χ0v) is 12.1. The molecule has 3 aromatic rings. The van der Waals surface area contributed by atoms with Crippen molar-refractivity contribution >= 4 is 26.8 Å². The standard InChI is InChI=1S/C14H10F2N2O3S/c1-8-17-13-5-3-10(7-14(13)21-8)22(19,20)18-9-2-4-11(15)12(16)6-9/h2-7,18H,1H3. The predicted molar refractivity (Wildman–Crippen MR) is 75.9 cm³/mol. The van der Waals surface area contributed by atoms with Gasteiger partial charge in [0.25, 0.3) is 10.0 Å². The lowest BCUT2D eigenvalue weighted by Crippen LogP contribution is -2.13. The van der Waals surface area contributed by atoms with Crippen molar-refractivity contribution in [3.8, 4) is 0 Å². The molecular weight excluding hydrogens is 314 g/mol. The number of fused-ring (bicyclic) bond motifs is 1. The molecule has 22 heavy (non-hydrogen) atoms. The summed E-state index contributed by atoms with van der Waals surface area (Å²) >= 11 is 0. The minimum absolute atomic E-state index is 0.0686. The second kappa shape index (κ2) is 5.06. The molecule has 0 aliphatic carbocycles. The van der Waals surface area contributed by atoms with Crippen LogP contribution in [-0.4, -0.2) is 13.4 Å². The van der Waals surface area contributed by atoms with Crippen LogP contribution in [0.15, 0.2) is 45.7 Å². The van der Waals surface area contributed by atoms with Crippen LogP contribution in [0.1, 0.15) is 5.89 Å². The molecule has 1 aromatic heterocycles. The molecule has 0 aliphatic rings. The van der Waals surface area contributed by atoms with Crippen LogP contribution in [0.3, 0.4) is 0 Å². The molecule has 0 spiro atoms. The first kappa shape index (κ1) is 14.5. The lowest BCUT2D eigenvalue weighted by Gasteiger charge is -2.08. The Labute approximate surface area is 124 Å². The van der Waals surface area contributed by atoms with Crippen LogP contribution in [0.4, 0.5) is 14.5 Å². The first-order chi connectivity index (χ1) is 10.3. The molecule has 0 radical (unpaired) electrons. The first-order valence-corrected chi connectivity index (χ1v) is 7.68. The van der Waals surface area contributed by atoms with Crippen LogP contribution in [0, 0.1) is 18.6 Å². The summed E-state index contributed by atoms with van der Waals surface area (Å²) < 4.78 is 58.0. The molecule has 0 saturated carbocycles. The molecule has 1 heterocycles. The smallest absolute Gasteiger partial charge is 0.262 e. The summed E-state index contributed by atoms with van der Waals surface area (Å²) in [6.07, 6.45) is 0. The van der Waals surface area contributed by atoms with Crippen molar-refractivity contribution in [3.05, 3.63) is 53.9 Å². The van der Waals surface area contributed by atoms with Crippen LogP contribution in [0.2, 0.25) is 0 Å². The summed E-state index contributed by atoms with van der Waals surface area (Å²) in [6.45, 7) is 1.65. The number of anilines is 1. The van der Waals surface area contributed by atoms with E-state index in [1.54, 1.807) is 6.92 Å². The number of benzene rings is 2. The number of rotatable bonds is 3. The molecule has 0 saturated heterocycles. The van der Waals surface area contributed by atoms with Crippen LogP contribution in [0.5, 0.6) is 0 Å². The topological polar surface area (TPSA) is 72.2 Å². The predicted octanol–water partition coefficient (Wildman–Crippen LogP) is 3.22. The Balaban J connectivity index is 1.98. The second-order valence-electron chi connectivity index (χ2n) is 4.60. The fourth-order valence-corrected chi connectivity index (χ4v) is 3.03. The lowest BCUT2D eigenvalue weighted by molar-refractivity contribution is 0.509. The van der Waals surface area contributed by atoms with Gasteiger partial charge in [-0.15, -0.1) is 0 Å². The van der Waals surface area contributed by atoms with Crippen LogP contribution >= 0.6 is 0 Å². The van der Waals surface area contributed by atoms with Gasteiger partial charge in [0, 0.05) is 19.1 Å². The molecule has 0 atom stereocenters.